The van der Waals surface area contributed by atoms with Gasteiger partial charge in [-0.3, -0.25) is 0 Å². The first-order valence-electron chi connectivity index (χ1n) is 11.2. The maximum Gasteiger partial charge on any atom is 0.490 e. The molecule has 4 N–H and O–H groups in total. The highest BCUT2D eigenvalue weighted by Crippen LogP contribution is 2.45. The van der Waals surface area contributed by atoms with Gasteiger partial charge in [-0.2, -0.15) is 13.2 Å². The topological polar surface area (TPSA) is 117 Å². The van der Waals surface area contributed by atoms with E-state index >= 15 is 0 Å². The number of ether oxygens (including phenoxy) is 3. The van der Waals surface area contributed by atoms with Crippen LogP contribution in [0.1, 0.15) is 28.4 Å². The van der Waals surface area contributed by atoms with Gasteiger partial charge in [0.1, 0.15) is 30.2 Å². The number of aliphatic hydroxyl groups excluding tert-OH is 3. The van der Waals surface area contributed by atoms with E-state index in [1.165, 1.54) is 0 Å². The van der Waals surface area contributed by atoms with Crippen molar-refractivity contribution in [3.63, 3.8) is 0 Å². The molecule has 8 nitrogen and oxygen atoms in total. The average Bonchev–Trinajstić information content (AvgIpc) is 3.34. The second kappa shape index (κ2) is 10.4. The summed E-state index contributed by atoms with van der Waals surface area (Å²) in [5.41, 5.74) is 3.52. The van der Waals surface area contributed by atoms with Crippen molar-refractivity contribution in [3.8, 4) is 5.75 Å². The monoisotopic (exact) mass is 531 g/mol. The van der Waals surface area contributed by atoms with Gasteiger partial charge in [0.15, 0.2) is 6.10 Å². The molecule has 0 bridgehead atoms. The van der Waals surface area contributed by atoms with E-state index in [2.05, 4.69) is 10.1 Å². The molecule has 4 rings (SSSR count). The number of benzene rings is 2. The van der Waals surface area contributed by atoms with Crippen molar-refractivity contribution in [2.24, 2.45) is 0 Å². The van der Waals surface area contributed by atoms with Gasteiger partial charge in [0.05, 0.1) is 18.2 Å². The Labute approximate surface area is 209 Å². The van der Waals surface area contributed by atoms with Crippen LogP contribution in [0, 0.1) is 0 Å². The van der Waals surface area contributed by atoms with Gasteiger partial charge in [-0.1, -0.05) is 29.8 Å². The summed E-state index contributed by atoms with van der Waals surface area (Å²) in [4.78, 5) is 11.3. The van der Waals surface area contributed by atoms with Gasteiger partial charge >= 0.3 is 12.1 Å². The Morgan fingerprint density at radius 1 is 1.22 bits per heavy atom. The molecule has 0 unspecified atom stereocenters. The number of anilines is 1. The lowest BCUT2D eigenvalue weighted by Crippen LogP contribution is -2.57. The molecule has 0 aromatic heterocycles. The predicted octanol–water partition coefficient (Wildman–Crippen LogP) is 2.54. The van der Waals surface area contributed by atoms with E-state index in [1.54, 1.807) is 13.1 Å². The largest absolute Gasteiger partial charge is 0.491 e. The number of aliphatic hydroxyl groups is 3. The second-order valence-electron chi connectivity index (χ2n) is 8.60. The van der Waals surface area contributed by atoms with Crippen LogP contribution in [0.25, 0.3) is 0 Å². The van der Waals surface area contributed by atoms with Crippen molar-refractivity contribution in [2.45, 2.75) is 49.5 Å². The zero-order valence-electron chi connectivity index (χ0n) is 19.1. The van der Waals surface area contributed by atoms with Gasteiger partial charge in [-0.15, -0.1) is 0 Å². The number of rotatable bonds is 6. The minimum atomic E-state index is -5.32. The van der Waals surface area contributed by atoms with Crippen LogP contribution in [0.4, 0.5) is 18.9 Å². The van der Waals surface area contributed by atoms with E-state index in [-0.39, 0.29) is 0 Å². The van der Waals surface area contributed by atoms with E-state index in [0.717, 1.165) is 11.3 Å². The fourth-order valence-corrected chi connectivity index (χ4v) is 4.77. The number of esters is 1. The summed E-state index contributed by atoms with van der Waals surface area (Å²) >= 11 is 6.62. The molecule has 196 valence electrons. The molecule has 1 saturated heterocycles. The highest BCUT2D eigenvalue weighted by atomic mass is 35.5. The fourth-order valence-electron chi connectivity index (χ4n) is 4.48. The predicted molar refractivity (Wildman–Crippen MR) is 122 cm³/mol. The Bertz CT molecular complexity index is 1110. The van der Waals surface area contributed by atoms with E-state index in [0.29, 0.717) is 46.9 Å². The molecule has 2 heterocycles. The van der Waals surface area contributed by atoms with Gasteiger partial charge in [0.25, 0.3) is 0 Å². The lowest BCUT2D eigenvalue weighted by atomic mass is 9.87. The zero-order valence-corrected chi connectivity index (χ0v) is 19.8. The summed E-state index contributed by atoms with van der Waals surface area (Å²) < 4.78 is 53.9. The molecule has 0 amide bonds. The molecule has 0 aliphatic carbocycles. The maximum absolute atomic E-state index is 12.7. The minimum Gasteiger partial charge on any atom is -0.491 e. The third-order valence-corrected chi connectivity index (χ3v) is 6.73. The molecular weight excluding hydrogens is 507 g/mol. The van der Waals surface area contributed by atoms with Crippen molar-refractivity contribution in [1.82, 2.24) is 0 Å². The van der Waals surface area contributed by atoms with Crippen LogP contribution in [0.3, 0.4) is 0 Å². The van der Waals surface area contributed by atoms with Crippen LogP contribution in [0.15, 0.2) is 30.3 Å². The number of hydrogen-bond donors (Lipinski definition) is 4. The van der Waals surface area contributed by atoms with Gasteiger partial charge in [0, 0.05) is 24.7 Å². The first kappa shape index (κ1) is 26.5. The Morgan fingerprint density at radius 3 is 2.53 bits per heavy atom. The van der Waals surface area contributed by atoms with E-state index in [4.69, 9.17) is 21.1 Å². The number of carbonyl (C=O) groups excluding carboxylic acids is 1. The quantitative estimate of drug-likeness (QED) is 0.420. The van der Waals surface area contributed by atoms with Crippen LogP contribution >= 0.6 is 11.6 Å². The molecule has 5 atom stereocenters. The normalized spacial score (nSPS) is 25.7. The number of halogens is 4. The number of fused-ring (bicyclic) bond motifs is 1. The fraction of sp³-hybridized carbons (Fsp3) is 0.458. The number of nitrogens with one attached hydrogen (secondary N) is 1. The molecule has 0 spiro atoms. The molecule has 0 radical (unpaired) electrons. The summed E-state index contributed by atoms with van der Waals surface area (Å²) in [5, 5.41) is 34.6. The zero-order chi connectivity index (χ0) is 26.2. The molecule has 0 saturated carbocycles. The number of alkyl halides is 3. The summed E-state index contributed by atoms with van der Waals surface area (Å²) in [5.74, 6) is -2.17. The standard InChI is InChI=1S/C24H25ClF3NO7/c1-29-13-4-2-11(3-5-13)8-12-9-15(14-6-7-34-20(14)17(12)25)21-18(31)19(32)22(16(10-30)35-21)36-23(33)24(26,27)28/h2-5,9,16,18-19,21-22,29-32H,6-8,10H2,1H3/t16-,18-,19-,21+,22-/m1/s1. The van der Waals surface area contributed by atoms with Crippen molar-refractivity contribution in [3.05, 3.63) is 57.6 Å². The highest BCUT2D eigenvalue weighted by Gasteiger charge is 2.51. The summed E-state index contributed by atoms with van der Waals surface area (Å²) in [7, 11) is 1.80. The molecule has 1 fully saturated rings. The van der Waals surface area contributed by atoms with Crippen molar-refractivity contribution in [2.75, 3.05) is 25.6 Å². The molecule has 2 aliphatic rings. The lowest BCUT2D eigenvalue weighted by Gasteiger charge is -2.42. The van der Waals surface area contributed by atoms with Gasteiger partial charge < -0.3 is 34.8 Å². The van der Waals surface area contributed by atoms with Crippen LogP contribution in [0.2, 0.25) is 5.02 Å². The summed E-state index contributed by atoms with van der Waals surface area (Å²) in [6.07, 6.45) is -12.9. The van der Waals surface area contributed by atoms with Gasteiger partial charge in [-0.25, -0.2) is 4.79 Å². The number of carbonyl (C=O) groups is 1. The van der Waals surface area contributed by atoms with Gasteiger partial charge in [0.2, 0.25) is 0 Å². The first-order chi connectivity index (χ1) is 17.0. The molecule has 2 aromatic carbocycles. The Balaban J connectivity index is 1.67. The van der Waals surface area contributed by atoms with E-state index < -0.39 is 49.3 Å². The van der Waals surface area contributed by atoms with Crippen LogP contribution < -0.4 is 10.1 Å². The number of hydrogen-bond acceptors (Lipinski definition) is 8. The van der Waals surface area contributed by atoms with Crippen LogP contribution in [-0.2, 0) is 27.1 Å². The summed E-state index contributed by atoms with van der Waals surface area (Å²) in [6.45, 7) is -0.559. The minimum absolute atomic E-state index is 0.309. The SMILES string of the molecule is CNc1ccc(Cc2cc([C@@H]3O[C@H](CO)[C@@H](OC(=O)C(F)(F)F)[C@H](O)[C@H]3O)c3c(c2Cl)OCC3)cc1. The smallest absolute Gasteiger partial charge is 0.490 e. The Morgan fingerprint density at radius 2 is 1.92 bits per heavy atom. The first-order valence-corrected chi connectivity index (χ1v) is 11.6. The Kier molecular flexibility index (Phi) is 7.67. The van der Waals surface area contributed by atoms with Gasteiger partial charge in [-0.05, 0) is 35.2 Å². The third-order valence-electron chi connectivity index (χ3n) is 6.31. The van der Waals surface area contributed by atoms with Crippen LogP contribution in [0.5, 0.6) is 5.75 Å². The molecule has 2 aliphatic heterocycles. The molecule has 2 aromatic rings. The second-order valence-corrected chi connectivity index (χ2v) is 8.97. The van der Waals surface area contributed by atoms with Crippen molar-refractivity contribution < 1.29 is 47.5 Å². The van der Waals surface area contributed by atoms with Crippen molar-refractivity contribution in [1.29, 1.82) is 0 Å². The van der Waals surface area contributed by atoms with E-state index in [1.807, 2.05) is 24.3 Å². The molecule has 36 heavy (non-hydrogen) atoms. The third kappa shape index (κ3) is 5.12. The molecule has 12 heteroatoms. The maximum atomic E-state index is 12.7. The van der Waals surface area contributed by atoms with Crippen molar-refractivity contribution >= 4 is 23.3 Å². The lowest BCUT2D eigenvalue weighted by molar-refractivity contribution is -0.257. The van der Waals surface area contributed by atoms with Crippen LogP contribution in [-0.4, -0.2) is 72.1 Å². The Hall–Kier alpha value is -2.57. The summed E-state index contributed by atoms with van der Waals surface area (Å²) in [6, 6.07) is 9.30. The highest BCUT2D eigenvalue weighted by molar-refractivity contribution is 6.33. The van der Waals surface area contributed by atoms with E-state index in [9.17, 15) is 33.3 Å². The average molecular weight is 532 g/mol. The molecular formula is C24H25ClF3NO7.